The molecule has 0 fully saturated rings. The standard InChI is InChI=1S/C18H14N2O2/c1-2-22-18(21)17-16(13-7-5-6-12(10-13)11-19)14-8-3-4-9-15(14)20-17/h3-10,20H,2H2,1H3. The first-order chi connectivity index (χ1) is 10.7. The number of nitriles is 1. The molecule has 108 valence electrons. The van der Waals surface area contributed by atoms with Gasteiger partial charge in [0.2, 0.25) is 0 Å². The molecule has 1 N–H and O–H groups in total. The molecule has 0 amide bonds. The van der Waals surface area contributed by atoms with Crippen molar-refractivity contribution in [2.24, 2.45) is 0 Å². The first-order valence-corrected chi connectivity index (χ1v) is 7.03. The first-order valence-electron chi connectivity index (χ1n) is 7.03. The number of aromatic amines is 1. The third-order valence-corrected chi connectivity index (χ3v) is 3.47. The molecule has 0 saturated carbocycles. The zero-order valence-electron chi connectivity index (χ0n) is 12.1. The summed E-state index contributed by atoms with van der Waals surface area (Å²) in [4.78, 5) is 15.4. The first kappa shape index (κ1) is 13.9. The van der Waals surface area contributed by atoms with Crippen LogP contribution >= 0.6 is 0 Å². The van der Waals surface area contributed by atoms with E-state index in [-0.39, 0.29) is 0 Å². The van der Waals surface area contributed by atoms with Gasteiger partial charge in [0.1, 0.15) is 5.69 Å². The van der Waals surface area contributed by atoms with E-state index in [0.717, 1.165) is 22.0 Å². The van der Waals surface area contributed by atoms with E-state index in [4.69, 9.17) is 10.00 Å². The molecular formula is C18H14N2O2. The number of nitrogens with one attached hydrogen (secondary N) is 1. The van der Waals surface area contributed by atoms with Crippen molar-refractivity contribution >= 4 is 16.9 Å². The smallest absolute Gasteiger partial charge is 0.355 e. The fourth-order valence-electron chi connectivity index (χ4n) is 2.54. The molecule has 0 atom stereocenters. The van der Waals surface area contributed by atoms with E-state index in [0.29, 0.717) is 17.9 Å². The Labute approximate surface area is 128 Å². The molecule has 4 heteroatoms. The number of aromatic nitrogens is 1. The number of carbonyl (C=O) groups is 1. The molecule has 3 rings (SSSR count). The van der Waals surface area contributed by atoms with Gasteiger partial charge >= 0.3 is 5.97 Å². The molecule has 0 aliphatic carbocycles. The van der Waals surface area contributed by atoms with Crippen molar-refractivity contribution in [3.63, 3.8) is 0 Å². The van der Waals surface area contributed by atoms with Crippen LogP contribution in [0.4, 0.5) is 0 Å². The summed E-state index contributed by atoms with van der Waals surface area (Å²) >= 11 is 0. The molecule has 0 aliphatic heterocycles. The minimum Gasteiger partial charge on any atom is -0.461 e. The summed E-state index contributed by atoms with van der Waals surface area (Å²) < 4.78 is 5.14. The molecule has 0 aliphatic rings. The maximum absolute atomic E-state index is 12.2. The van der Waals surface area contributed by atoms with E-state index in [9.17, 15) is 4.79 Å². The van der Waals surface area contributed by atoms with Crippen LogP contribution in [0.1, 0.15) is 23.0 Å². The number of para-hydroxylation sites is 1. The van der Waals surface area contributed by atoms with Gasteiger partial charge in [0.25, 0.3) is 0 Å². The average Bonchev–Trinajstić information content (AvgIpc) is 2.94. The van der Waals surface area contributed by atoms with Crippen molar-refractivity contribution < 1.29 is 9.53 Å². The van der Waals surface area contributed by atoms with Crippen LogP contribution in [0.3, 0.4) is 0 Å². The number of esters is 1. The maximum Gasteiger partial charge on any atom is 0.355 e. The van der Waals surface area contributed by atoms with Gasteiger partial charge in [-0.1, -0.05) is 30.3 Å². The maximum atomic E-state index is 12.2. The molecule has 0 bridgehead atoms. The summed E-state index contributed by atoms with van der Waals surface area (Å²) in [6, 6.07) is 17.0. The monoisotopic (exact) mass is 290 g/mol. The summed E-state index contributed by atoms with van der Waals surface area (Å²) in [5.41, 5.74) is 3.42. The zero-order chi connectivity index (χ0) is 15.5. The Balaban J connectivity index is 2.28. The summed E-state index contributed by atoms with van der Waals surface area (Å²) in [6.07, 6.45) is 0. The van der Waals surface area contributed by atoms with E-state index in [1.54, 1.807) is 19.1 Å². The van der Waals surface area contributed by atoms with Gasteiger partial charge in [0.05, 0.1) is 18.2 Å². The van der Waals surface area contributed by atoms with Crippen molar-refractivity contribution in [1.82, 2.24) is 4.98 Å². The van der Waals surface area contributed by atoms with Crippen molar-refractivity contribution in [1.29, 1.82) is 5.26 Å². The Morgan fingerprint density at radius 1 is 1.23 bits per heavy atom. The largest absolute Gasteiger partial charge is 0.461 e. The highest BCUT2D eigenvalue weighted by Gasteiger charge is 2.20. The number of hydrogen-bond donors (Lipinski definition) is 1. The molecule has 3 aromatic rings. The molecule has 0 radical (unpaired) electrons. The van der Waals surface area contributed by atoms with Crippen LogP contribution in [0.15, 0.2) is 48.5 Å². The Hall–Kier alpha value is -3.06. The number of ether oxygens (including phenoxy) is 1. The van der Waals surface area contributed by atoms with Crippen LogP contribution in [-0.4, -0.2) is 17.6 Å². The normalized spacial score (nSPS) is 10.4. The van der Waals surface area contributed by atoms with Gasteiger partial charge in [-0.2, -0.15) is 5.26 Å². The van der Waals surface area contributed by atoms with Crippen molar-refractivity contribution in [2.75, 3.05) is 6.61 Å². The van der Waals surface area contributed by atoms with Crippen LogP contribution in [0, 0.1) is 11.3 Å². The van der Waals surface area contributed by atoms with Gasteiger partial charge in [-0.15, -0.1) is 0 Å². The Morgan fingerprint density at radius 2 is 2.05 bits per heavy atom. The van der Waals surface area contributed by atoms with Crippen molar-refractivity contribution in [3.8, 4) is 17.2 Å². The van der Waals surface area contributed by atoms with E-state index < -0.39 is 5.97 Å². The quantitative estimate of drug-likeness (QED) is 0.744. The van der Waals surface area contributed by atoms with E-state index in [2.05, 4.69) is 11.1 Å². The van der Waals surface area contributed by atoms with E-state index >= 15 is 0 Å². The molecule has 0 saturated heterocycles. The summed E-state index contributed by atoms with van der Waals surface area (Å²) in [5.74, 6) is -0.393. The minimum absolute atomic E-state index is 0.311. The number of carbonyl (C=O) groups excluding carboxylic acids is 1. The Morgan fingerprint density at radius 3 is 2.82 bits per heavy atom. The molecule has 1 heterocycles. The fourth-order valence-corrected chi connectivity index (χ4v) is 2.54. The summed E-state index contributed by atoms with van der Waals surface area (Å²) in [6.45, 7) is 2.09. The second-order valence-corrected chi connectivity index (χ2v) is 4.83. The minimum atomic E-state index is -0.393. The lowest BCUT2D eigenvalue weighted by atomic mass is 10.00. The molecule has 22 heavy (non-hydrogen) atoms. The van der Waals surface area contributed by atoms with E-state index in [1.165, 1.54) is 0 Å². The molecule has 2 aromatic carbocycles. The van der Waals surface area contributed by atoms with Crippen molar-refractivity contribution in [3.05, 3.63) is 59.8 Å². The molecule has 0 spiro atoms. The number of hydrogen-bond acceptors (Lipinski definition) is 3. The molecule has 0 unspecified atom stereocenters. The van der Waals surface area contributed by atoms with Gasteiger partial charge in [-0.3, -0.25) is 0 Å². The van der Waals surface area contributed by atoms with Crippen LogP contribution in [0.25, 0.3) is 22.0 Å². The third-order valence-electron chi connectivity index (χ3n) is 3.47. The fraction of sp³-hybridized carbons (Fsp3) is 0.111. The van der Waals surface area contributed by atoms with Crippen LogP contribution < -0.4 is 0 Å². The highest BCUT2D eigenvalue weighted by molar-refractivity contribution is 6.08. The van der Waals surface area contributed by atoms with Gasteiger partial charge in [0, 0.05) is 16.5 Å². The van der Waals surface area contributed by atoms with Gasteiger partial charge in [0.15, 0.2) is 0 Å². The van der Waals surface area contributed by atoms with E-state index in [1.807, 2.05) is 36.4 Å². The predicted molar refractivity (Wildman–Crippen MR) is 84.4 cm³/mol. The second kappa shape index (κ2) is 5.74. The average molecular weight is 290 g/mol. The number of benzene rings is 2. The number of fused-ring (bicyclic) bond motifs is 1. The lowest BCUT2D eigenvalue weighted by Crippen LogP contribution is -2.06. The van der Waals surface area contributed by atoms with Gasteiger partial charge in [-0.25, -0.2) is 4.79 Å². The van der Waals surface area contributed by atoms with Crippen molar-refractivity contribution in [2.45, 2.75) is 6.92 Å². The SMILES string of the molecule is CCOC(=O)c1[nH]c2ccccc2c1-c1cccc(C#N)c1. The predicted octanol–water partition coefficient (Wildman–Crippen LogP) is 3.88. The van der Waals surface area contributed by atoms with Crippen LogP contribution in [0.5, 0.6) is 0 Å². The summed E-state index contributed by atoms with van der Waals surface area (Å²) in [5, 5.41) is 10.0. The highest BCUT2D eigenvalue weighted by Crippen LogP contribution is 2.33. The Kier molecular flexibility index (Phi) is 3.63. The molecule has 1 aromatic heterocycles. The summed E-state index contributed by atoms with van der Waals surface area (Å²) in [7, 11) is 0. The van der Waals surface area contributed by atoms with Gasteiger partial charge in [-0.05, 0) is 30.7 Å². The Bertz CT molecular complexity index is 887. The third kappa shape index (κ3) is 2.33. The lowest BCUT2D eigenvalue weighted by molar-refractivity contribution is 0.0521. The topological polar surface area (TPSA) is 65.9 Å². The van der Waals surface area contributed by atoms with Gasteiger partial charge < -0.3 is 9.72 Å². The second-order valence-electron chi connectivity index (χ2n) is 4.83. The lowest BCUT2D eigenvalue weighted by Gasteiger charge is -2.05. The highest BCUT2D eigenvalue weighted by atomic mass is 16.5. The van der Waals surface area contributed by atoms with Crippen LogP contribution in [-0.2, 0) is 4.74 Å². The number of nitrogens with zero attached hydrogens (tertiary/aromatic N) is 1. The van der Waals surface area contributed by atoms with Crippen LogP contribution in [0.2, 0.25) is 0 Å². The molecule has 4 nitrogen and oxygen atoms in total. The number of rotatable bonds is 3. The zero-order valence-corrected chi connectivity index (χ0v) is 12.1. The number of H-pyrrole nitrogens is 1. The molecular weight excluding hydrogens is 276 g/mol.